The van der Waals surface area contributed by atoms with Gasteiger partial charge in [-0.1, -0.05) is 24.3 Å². The van der Waals surface area contributed by atoms with Crippen LogP contribution in [0.1, 0.15) is 38.8 Å². The maximum atomic E-state index is 13.7. The summed E-state index contributed by atoms with van der Waals surface area (Å²) in [5, 5.41) is 2.84. The molecule has 1 atom stereocenters. The van der Waals surface area contributed by atoms with Gasteiger partial charge in [0.05, 0.1) is 11.4 Å². The smallest absolute Gasteiger partial charge is 0.244 e. The summed E-state index contributed by atoms with van der Waals surface area (Å²) in [4.78, 5) is 27.9. The molecule has 0 saturated heterocycles. The van der Waals surface area contributed by atoms with Crippen molar-refractivity contribution in [2.75, 3.05) is 23.4 Å². The van der Waals surface area contributed by atoms with Crippen LogP contribution in [0.25, 0.3) is 0 Å². The van der Waals surface area contributed by atoms with Crippen LogP contribution in [0.2, 0.25) is 0 Å². The van der Waals surface area contributed by atoms with Crippen molar-refractivity contribution in [3.63, 3.8) is 0 Å². The molecule has 0 saturated carbocycles. The van der Waals surface area contributed by atoms with Crippen LogP contribution < -0.4 is 19.1 Å². The molecule has 1 aliphatic heterocycles. The minimum absolute atomic E-state index is 0.0466. The van der Waals surface area contributed by atoms with E-state index in [0.717, 1.165) is 15.4 Å². The van der Waals surface area contributed by atoms with Crippen molar-refractivity contribution in [3.05, 3.63) is 53.6 Å². The average Bonchev–Trinajstić information content (AvgIpc) is 3.28. The molecule has 3 rings (SSSR count). The van der Waals surface area contributed by atoms with Crippen LogP contribution in [0.4, 0.5) is 5.69 Å². The van der Waals surface area contributed by atoms with E-state index in [4.69, 9.17) is 9.47 Å². The van der Waals surface area contributed by atoms with E-state index in [9.17, 15) is 18.0 Å². The van der Waals surface area contributed by atoms with Crippen molar-refractivity contribution >= 4 is 27.5 Å². The zero-order valence-electron chi connectivity index (χ0n) is 20.8. The molecule has 1 aliphatic rings. The van der Waals surface area contributed by atoms with Gasteiger partial charge in [0.25, 0.3) is 0 Å². The van der Waals surface area contributed by atoms with Gasteiger partial charge in [0.2, 0.25) is 28.6 Å². The Bertz CT molecular complexity index is 1180. The summed E-state index contributed by atoms with van der Waals surface area (Å²) >= 11 is 0. The van der Waals surface area contributed by atoms with Gasteiger partial charge in [0.1, 0.15) is 12.6 Å². The van der Waals surface area contributed by atoms with Crippen LogP contribution in [0, 0.1) is 6.92 Å². The number of hydrogen-bond donors (Lipinski definition) is 1. The third kappa shape index (κ3) is 6.25. The molecule has 2 amide bonds. The molecule has 2 aromatic rings. The Morgan fingerprint density at radius 2 is 1.74 bits per heavy atom. The van der Waals surface area contributed by atoms with Crippen LogP contribution in [-0.2, 0) is 26.2 Å². The van der Waals surface area contributed by atoms with Crippen molar-refractivity contribution in [1.82, 2.24) is 10.2 Å². The van der Waals surface area contributed by atoms with Crippen LogP contribution in [0.3, 0.4) is 0 Å². The molecule has 9 nitrogen and oxygen atoms in total. The summed E-state index contributed by atoms with van der Waals surface area (Å²) < 4.78 is 37.8. The Balaban J connectivity index is 1.95. The third-order valence-electron chi connectivity index (χ3n) is 5.82. The first kappa shape index (κ1) is 26.3. The van der Waals surface area contributed by atoms with E-state index >= 15 is 0 Å². The lowest BCUT2D eigenvalue weighted by atomic mass is 10.1. The maximum absolute atomic E-state index is 13.7. The van der Waals surface area contributed by atoms with Gasteiger partial charge < -0.3 is 19.7 Å². The standard InChI is InChI=1S/C25H33N3O6S/c1-6-35(31,32)28(21-11-12-22-23(13-21)34-16-33-22)15-24(29)27(19(5)25(30)26-17(2)3)14-20-10-8-7-9-18(20)4/h7-13,17,19H,6,14-16H2,1-5H3,(H,26,30)/t19-/m1/s1. The average molecular weight is 504 g/mol. The van der Waals surface area contributed by atoms with E-state index < -0.39 is 28.5 Å². The van der Waals surface area contributed by atoms with E-state index in [1.54, 1.807) is 25.1 Å². The highest BCUT2D eigenvalue weighted by atomic mass is 32.2. The first-order chi connectivity index (χ1) is 16.5. The lowest BCUT2D eigenvalue weighted by molar-refractivity contribution is -0.139. The van der Waals surface area contributed by atoms with Crippen LogP contribution in [0.15, 0.2) is 42.5 Å². The second kappa shape index (κ2) is 11.0. The van der Waals surface area contributed by atoms with Gasteiger partial charge in [0.15, 0.2) is 11.5 Å². The molecule has 10 heteroatoms. The minimum atomic E-state index is -3.82. The van der Waals surface area contributed by atoms with Crippen molar-refractivity contribution in [2.45, 2.75) is 53.2 Å². The third-order valence-corrected chi connectivity index (χ3v) is 7.56. The quantitative estimate of drug-likeness (QED) is 0.535. The largest absolute Gasteiger partial charge is 0.454 e. The van der Waals surface area contributed by atoms with Crippen molar-refractivity contribution in [1.29, 1.82) is 0 Å². The Hall–Kier alpha value is -3.27. The Morgan fingerprint density at radius 3 is 2.40 bits per heavy atom. The number of nitrogens with one attached hydrogen (secondary N) is 1. The van der Waals surface area contributed by atoms with Crippen molar-refractivity contribution in [2.24, 2.45) is 0 Å². The van der Waals surface area contributed by atoms with Crippen molar-refractivity contribution < 1.29 is 27.5 Å². The van der Waals surface area contributed by atoms with Gasteiger partial charge in [-0.3, -0.25) is 13.9 Å². The van der Waals surface area contributed by atoms with Gasteiger partial charge in [0, 0.05) is 18.7 Å². The second-order valence-corrected chi connectivity index (χ2v) is 10.9. The Labute approximate surface area is 207 Å². The van der Waals surface area contributed by atoms with Gasteiger partial charge in [-0.25, -0.2) is 8.42 Å². The molecule has 0 aliphatic carbocycles. The summed E-state index contributed by atoms with van der Waals surface area (Å²) in [6, 6.07) is 11.4. The molecule has 1 heterocycles. The van der Waals surface area contributed by atoms with Gasteiger partial charge in [-0.15, -0.1) is 0 Å². The first-order valence-electron chi connectivity index (χ1n) is 11.6. The number of carbonyl (C=O) groups excluding carboxylic acids is 2. The fourth-order valence-corrected chi connectivity index (χ4v) is 4.77. The number of nitrogens with zero attached hydrogens (tertiary/aromatic N) is 2. The van der Waals surface area contributed by atoms with Gasteiger partial charge in [-0.05, 0) is 57.9 Å². The summed E-state index contributed by atoms with van der Waals surface area (Å²) in [6.07, 6.45) is 0. The SMILES string of the molecule is CCS(=O)(=O)N(CC(=O)N(Cc1ccccc1C)[C@H](C)C(=O)NC(C)C)c1ccc2c(c1)OCO2. The fourth-order valence-electron chi connectivity index (χ4n) is 3.72. The molecule has 1 N–H and O–H groups in total. The summed E-state index contributed by atoms with van der Waals surface area (Å²) in [6.45, 7) is 8.53. The van der Waals surface area contributed by atoms with E-state index in [-0.39, 0.29) is 31.0 Å². The van der Waals surface area contributed by atoms with E-state index in [1.807, 2.05) is 45.0 Å². The maximum Gasteiger partial charge on any atom is 0.244 e. The molecule has 0 fully saturated rings. The lowest BCUT2D eigenvalue weighted by Gasteiger charge is -2.32. The zero-order chi connectivity index (χ0) is 25.8. The number of aryl methyl sites for hydroxylation is 1. The molecular weight excluding hydrogens is 470 g/mol. The van der Waals surface area contributed by atoms with Crippen LogP contribution >= 0.6 is 0 Å². The number of fused-ring (bicyclic) bond motifs is 1. The molecule has 35 heavy (non-hydrogen) atoms. The summed E-state index contributed by atoms with van der Waals surface area (Å²) in [5.41, 5.74) is 2.13. The number of carbonyl (C=O) groups is 2. The van der Waals surface area contributed by atoms with E-state index in [2.05, 4.69) is 5.32 Å². The lowest BCUT2D eigenvalue weighted by Crippen LogP contribution is -2.52. The number of benzene rings is 2. The first-order valence-corrected chi connectivity index (χ1v) is 13.2. The van der Waals surface area contributed by atoms with Crippen LogP contribution in [-0.4, -0.2) is 56.3 Å². The highest BCUT2D eigenvalue weighted by Gasteiger charge is 2.32. The van der Waals surface area contributed by atoms with Crippen molar-refractivity contribution in [3.8, 4) is 11.5 Å². The molecule has 0 unspecified atom stereocenters. The molecule has 0 radical (unpaired) electrons. The molecule has 0 spiro atoms. The molecule has 2 aromatic carbocycles. The number of sulfonamides is 1. The number of ether oxygens (including phenoxy) is 2. The number of anilines is 1. The number of amides is 2. The Morgan fingerprint density at radius 1 is 1.06 bits per heavy atom. The summed E-state index contributed by atoms with van der Waals surface area (Å²) in [7, 11) is -3.82. The zero-order valence-corrected chi connectivity index (χ0v) is 21.6. The highest BCUT2D eigenvalue weighted by molar-refractivity contribution is 7.92. The topological polar surface area (TPSA) is 105 Å². The van der Waals surface area contributed by atoms with E-state index in [1.165, 1.54) is 11.8 Å². The highest BCUT2D eigenvalue weighted by Crippen LogP contribution is 2.36. The predicted octanol–water partition coefficient (Wildman–Crippen LogP) is 2.82. The summed E-state index contributed by atoms with van der Waals surface area (Å²) in [5.74, 6) is -0.0818. The molecule has 190 valence electrons. The molecule has 0 bridgehead atoms. The normalized spacial score (nSPS) is 13.4. The molecule has 0 aromatic heterocycles. The fraction of sp³-hybridized carbons (Fsp3) is 0.440. The number of hydrogen-bond acceptors (Lipinski definition) is 6. The second-order valence-electron chi connectivity index (χ2n) is 8.73. The monoisotopic (exact) mass is 503 g/mol. The predicted molar refractivity (Wildman–Crippen MR) is 134 cm³/mol. The minimum Gasteiger partial charge on any atom is -0.454 e. The molecular formula is C25H33N3O6S. The Kier molecular flexibility index (Phi) is 8.26. The van der Waals surface area contributed by atoms with Crippen LogP contribution in [0.5, 0.6) is 11.5 Å². The van der Waals surface area contributed by atoms with E-state index in [0.29, 0.717) is 17.2 Å². The van der Waals surface area contributed by atoms with Gasteiger partial charge >= 0.3 is 0 Å². The van der Waals surface area contributed by atoms with Gasteiger partial charge in [-0.2, -0.15) is 0 Å². The number of rotatable bonds is 10.